The maximum atomic E-state index is 12.8. The fourth-order valence-electron chi connectivity index (χ4n) is 3.11. The lowest BCUT2D eigenvalue weighted by Crippen LogP contribution is -2.35. The van der Waals surface area contributed by atoms with Crippen molar-refractivity contribution in [3.63, 3.8) is 0 Å². The van der Waals surface area contributed by atoms with Crippen LogP contribution in [0.3, 0.4) is 0 Å². The van der Waals surface area contributed by atoms with Crippen LogP contribution < -0.4 is 11.1 Å². The van der Waals surface area contributed by atoms with E-state index < -0.39 is 5.91 Å². The Bertz CT molecular complexity index is 807. The Morgan fingerprint density at radius 3 is 2.72 bits per heavy atom. The van der Waals surface area contributed by atoms with Gasteiger partial charge >= 0.3 is 0 Å². The molecule has 6 heteroatoms. The third-order valence-corrected chi connectivity index (χ3v) is 5.83. The highest BCUT2D eigenvalue weighted by Gasteiger charge is 2.25. The molecule has 1 fully saturated rings. The molecule has 0 saturated carbocycles. The summed E-state index contributed by atoms with van der Waals surface area (Å²) in [7, 11) is 0. The molecule has 1 amide bonds. The molecule has 1 saturated heterocycles. The normalized spacial score (nSPS) is 17.4. The van der Waals surface area contributed by atoms with Gasteiger partial charge in [-0.05, 0) is 49.9 Å². The number of aryl methyl sites for hydroxylation is 2. The molecule has 1 atom stereocenters. The van der Waals surface area contributed by atoms with Gasteiger partial charge in [0.15, 0.2) is 10.8 Å². The number of nitrogens with one attached hydrogen (secondary N) is 1. The van der Waals surface area contributed by atoms with Crippen LogP contribution in [0.4, 0.5) is 0 Å². The molecule has 5 nitrogen and oxygen atoms in total. The molecule has 0 bridgehead atoms. The number of piperidine rings is 1. The molecule has 0 spiro atoms. The average Bonchev–Trinajstić information content (AvgIpc) is 3.04. The molecule has 0 aliphatic carbocycles. The Hall–Kier alpha value is -2.05. The van der Waals surface area contributed by atoms with Crippen LogP contribution in [0.5, 0.6) is 0 Å². The van der Waals surface area contributed by atoms with Crippen LogP contribution in [-0.4, -0.2) is 29.3 Å². The summed E-state index contributed by atoms with van der Waals surface area (Å²) < 4.78 is 0. The van der Waals surface area contributed by atoms with Crippen LogP contribution in [0.2, 0.25) is 0 Å². The van der Waals surface area contributed by atoms with Gasteiger partial charge in [0.1, 0.15) is 5.69 Å². The van der Waals surface area contributed by atoms with E-state index in [0.29, 0.717) is 12.1 Å². The van der Waals surface area contributed by atoms with Gasteiger partial charge in [-0.15, -0.1) is 11.3 Å². The van der Waals surface area contributed by atoms with Crippen molar-refractivity contribution in [2.75, 3.05) is 6.54 Å². The van der Waals surface area contributed by atoms with Gasteiger partial charge in [-0.3, -0.25) is 9.59 Å². The van der Waals surface area contributed by atoms with Gasteiger partial charge in [-0.25, -0.2) is 4.98 Å². The van der Waals surface area contributed by atoms with Crippen molar-refractivity contribution in [3.05, 3.63) is 40.0 Å². The lowest BCUT2D eigenvalue weighted by atomic mass is 9.97. The lowest BCUT2D eigenvalue weighted by molar-refractivity contribution is 0.0960. The largest absolute Gasteiger partial charge is 0.364 e. The van der Waals surface area contributed by atoms with Gasteiger partial charge < -0.3 is 11.1 Å². The Morgan fingerprint density at radius 2 is 2.08 bits per heavy atom. The van der Waals surface area contributed by atoms with Crippen LogP contribution in [0, 0.1) is 13.8 Å². The maximum Gasteiger partial charge on any atom is 0.277 e. The van der Waals surface area contributed by atoms with Crippen molar-refractivity contribution < 1.29 is 9.59 Å². The van der Waals surface area contributed by atoms with E-state index in [1.54, 1.807) is 0 Å². The van der Waals surface area contributed by atoms with Gasteiger partial charge in [0.05, 0.1) is 4.88 Å². The first-order chi connectivity index (χ1) is 12.0. The van der Waals surface area contributed by atoms with E-state index in [2.05, 4.69) is 10.3 Å². The smallest absolute Gasteiger partial charge is 0.277 e. The predicted molar refractivity (Wildman–Crippen MR) is 100 cm³/mol. The summed E-state index contributed by atoms with van der Waals surface area (Å²) >= 11 is 1.20. The van der Waals surface area contributed by atoms with Gasteiger partial charge in [0.25, 0.3) is 5.91 Å². The predicted octanol–water partition coefficient (Wildman–Crippen LogP) is 3.24. The first kappa shape index (κ1) is 17.8. The molecule has 0 radical (unpaired) electrons. The zero-order valence-electron chi connectivity index (χ0n) is 14.6. The Kier molecular flexibility index (Phi) is 5.30. The number of ketones is 1. The van der Waals surface area contributed by atoms with E-state index in [-0.39, 0.29) is 16.8 Å². The second-order valence-corrected chi connectivity index (χ2v) is 7.63. The summed E-state index contributed by atoms with van der Waals surface area (Å²) in [5.74, 6) is -0.624. The molecule has 2 heterocycles. The quantitative estimate of drug-likeness (QED) is 0.805. The van der Waals surface area contributed by atoms with Gasteiger partial charge in [-0.1, -0.05) is 24.6 Å². The molecular weight excluding hydrogens is 334 g/mol. The molecule has 3 N–H and O–H groups in total. The Labute approximate surface area is 151 Å². The number of primary amides is 1. The van der Waals surface area contributed by atoms with E-state index in [4.69, 9.17) is 5.73 Å². The number of amides is 1. The van der Waals surface area contributed by atoms with Crippen LogP contribution in [0.15, 0.2) is 18.2 Å². The molecule has 3 rings (SSSR count). The standard InChI is InChI=1S/C19H23N3O2S/c1-11-6-7-13(9-12(11)2)17-16(22-19(25-17)18(20)24)15(23)10-14-5-3-4-8-21-14/h6-7,9,14,21H,3-5,8,10H2,1-2H3,(H2,20,24). The number of aromatic nitrogens is 1. The van der Waals surface area contributed by atoms with Crippen LogP contribution >= 0.6 is 11.3 Å². The number of nitrogens with zero attached hydrogens (tertiary/aromatic N) is 1. The number of hydrogen-bond acceptors (Lipinski definition) is 5. The first-order valence-electron chi connectivity index (χ1n) is 8.60. The third-order valence-electron chi connectivity index (χ3n) is 4.72. The zero-order valence-corrected chi connectivity index (χ0v) is 15.4. The van der Waals surface area contributed by atoms with E-state index in [9.17, 15) is 9.59 Å². The number of Topliss-reactive ketones (excluding diaryl/α,β-unsaturated/α-hetero) is 1. The van der Waals surface area contributed by atoms with Crippen molar-refractivity contribution in [3.8, 4) is 10.4 Å². The summed E-state index contributed by atoms with van der Waals surface area (Å²) in [6, 6.07) is 6.21. The van der Waals surface area contributed by atoms with Crippen LogP contribution in [-0.2, 0) is 0 Å². The summed E-state index contributed by atoms with van der Waals surface area (Å²) in [5.41, 5.74) is 9.00. The van der Waals surface area contributed by atoms with Gasteiger partial charge in [-0.2, -0.15) is 0 Å². The molecule has 2 aromatic rings. The second kappa shape index (κ2) is 7.45. The molecule has 132 valence electrons. The van der Waals surface area contributed by atoms with Crippen molar-refractivity contribution in [1.29, 1.82) is 0 Å². The molecule has 1 aromatic carbocycles. The zero-order chi connectivity index (χ0) is 18.0. The molecule has 1 aromatic heterocycles. The summed E-state index contributed by atoms with van der Waals surface area (Å²) in [5, 5.41) is 3.58. The van der Waals surface area contributed by atoms with E-state index in [0.717, 1.165) is 41.8 Å². The maximum absolute atomic E-state index is 12.8. The minimum Gasteiger partial charge on any atom is -0.364 e. The minimum atomic E-state index is -0.593. The highest BCUT2D eigenvalue weighted by molar-refractivity contribution is 7.17. The number of nitrogens with two attached hydrogens (primary N) is 1. The highest BCUT2D eigenvalue weighted by atomic mass is 32.1. The molecule has 1 aliphatic rings. The lowest BCUT2D eigenvalue weighted by Gasteiger charge is -2.22. The SMILES string of the molecule is Cc1ccc(-c2sc(C(N)=O)nc2C(=O)CC2CCCCN2)cc1C. The van der Waals surface area contributed by atoms with Gasteiger partial charge in [0, 0.05) is 12.5 Å². The molecule has 1 unspecified atom stereocenters. The third kappa shape index (κ3) is 3.96. The van der Waals surface area contributed by atoms with Crippen molar-refractivity contribution in [1.82, 2.24) is 10.3 Å². The monoisotopic (exact) mass is 357 g/mol. The number of benzene rings is 1. The first-order valence-corrected chi connectivity index (χ1v) is 9.42. The van der Waals surface area contributed by atoms with Crippen molar-refractivity contribution >= 4 is 23.0 Å². The number of thiazole rings is 1. The van der Waals surface area contributed by atoms with Gasteiger partial charge in [0.2, 0.25) is 0 Å². The Balaban J connectivity index is 1.95. The number of rotatable bonds is 5. The molecular formula is C19H23N3O2S. The number of hydrogen-bond donors (Lipinski definition) is 2. The molecule has 25 heavy (non-hydrogen) atoms. The van der Waals surface area contributed by atoms with Crippen LogP contribution in [0.25, 0.3) is 10.4 Å². The van der Waals surface area contributed by atoms with Crippen LogP contribution in [0.1, 0.15) is 57.1 Å². The minimum absolute atomic E-state index is 0.0311. The van der Waals surface area contributed by atoms with E-state index in [1.165, 1.54) is 16.9 Å². The fourth-order valence-corrected chi connectivity index (χ4v) is 4.04. The fraction of sp³-hybridized carbons (Fsp3) is 0.421. The van der Waals surface area contributed by atoms with E-state index in [1.807, 2.05) is 32.0 Å². The summed E-state index contributed by atoms with van der Waals surface area (Å²) in [6.45, 7) is 5.02. The summed E-state index contributed by atoms with van der Waals surface area (Å²) in [6.07, 6.45) is 3.69. The summed E-state index contributed by atoms with van der Waals surface area (Å²) in [4.78, 5) is 29.4. The van der Waals surface area contributed by atoms with Crippen molar-refractivity contribution in [2.45, 2.75) is 45.6 Å². The highest BCUT2D eigenvalue weighted by Crippen LogP contribution is 2.32. The van der Waals surface area contributed by atoms with Crippen molar-refractivity contribution in [2.24, 2.45) is 5.73 Å². The number of carbonyl (C=O) groups is 2. The van der Waals surface area contributed by atoms with E-state index >= 15 is 0 Å². The number of carbonyl (C=O) groups excluding carboxylic acids is 2. The average molecular weight is 357 g/mol. The Morgan fingerprint density at radius 1 is 1.28 bits per heavy atom. The second-order valence-electron chi connectivity index (χ2n) is 6.63. The topological polar surface area (TPSA) is 85.1 Å². The molecule has 1 aliphatic heterocycles.